The molecular weight excluding hydrogens is 354 g/mol. The molecule has 2 heterocycles. The number of hydrogen-bond donors (Lipinski definition) is 0. The van der Waals surface area contributed by atoms with Crippen LogP contribution in [0.5, 0.6) is 0 Å². The number of aryl methyl sites for hydroxylation is 1. The topological polar surface area (TPSA) is 66.7 Å². The molecule has 0 radical (unpaired) electrons. The van der Waals surface area contributed by atoms with E-state index in [2.05, 4.69) is 12.1 Å². The summed E-state index contributed by atoms with van der Waals surface area (Å²) in [4.78, 5) is 28.3. The molecule has 1 amide bonds. The fraction of sp³-hybridized carbons (Fsp3) is 0.409. The molecular formula is C22H25N3O3. The number of amides is 1. The second kappa shape index (κ2) is 8.00. The molecule has 0 bridgehead atoms. The third-order valence-corrected chi connectivity index (χ3v) is 5.89. The maximum Gasteiger partial charge on any atom is 0.292 e. The number of anilines is 2. The number of carbonyl (C=O) groups is 1. The first-order valence-corrected chi connectivity index (χ1v) is 10.0. The Kier molecular flexibility index (Phi) is 5.28. The van der Waals surface area contributed by atoms with E-state index in [9.17, 15) is 14.9 Å². The highest BCUT2D eigenvalue weighted by Crippen LogP contribution is 2.33. The number of carbonyl (C=O) groups excluding carboxylic acids is 1. The largest absolute Gasteiger partial charge is 0.366 e. The minimum absolute atomic E-state index is 0.0230. The molecule has 0 aromatic heterocycles. The number of nitrogens with zero attached hydrogens (tertiary/aromatic N) is 3. The zero-order chi connectivity index (χ0) is 19.5. The Balaban J connectivity index is 1.47. The van der Waals surface area contributed by atoms with Gasteiger partial charge in [0.25, 0.3) is 5.69 Å². The minimum atomic E-state index is -0.333. The second-order valence-electron chi connectivity index (χ2n) is 7.58. The van der Waals surface area contributed by atoms with E-state index in [4.69, 9.17) is 0 Å². The van der Waals surface area contributed by atoms with Crippen LogP contribution in [0.4, 0.5) is 17.1 Å². The van der Waals surface area contributed by atoms with Gasteiger partial charge < -0.3 is 9.80 Å². The average molecular weight is 379 g/mol. The zero-order valence-corrected chi connectivity index (χ0v) is 15.9. The van der Waals surface area contributed by atoms with E-state index in [1.807, 2.05) is 28.0 Å². The maximum atomic E-state index is 13.3. The zero-order valence-electron chi connectivity index (χ0n) is 15.9. The number of benzene rings is 2. The van der Waals surface area contributed by atoms with Gasteiger partial charge in [-0.15, -0.1) is 0 Å². The first kappa shape index (κ1) is 18.5. The van der Waals surface area contributed by atoms with E-state index < -0.39 is 0 Å². The van der Waals surface area contributed by atoms with Crippen LogP contribution in [0, 0.1) is 16.0 Å². The Morgan fingerprint density at radius 1 is 0.929 bits per heavy atom. The summed E-state index contributed by atoms with van der Waals surface area (Å²) in [5.41, 5.74) is 3.10. The van der Waals surface area contributed by atoms with Crippen molar-refractivity contribution in [2.24, 2.45) is 5.92 Å². The number of nitro benzene ring substituents is 1. The number of fused-ring (bicyclic) bond motifs is 1. The molecule has 28 heavy (non-hydrogen) atoms. The van der Waals surface area contributed by atoms with Crippen LogP contribution in [-0.4, -0.2) is 30.5 Å². The van der Waals surface area contributed by atoms with Gasteiger partial charge in [-0.05, 0) is 49.8 Å². The monoisotopic (exact) mass is 379 g/mol. The van der Waals surface area contributed by atoms with E-state index in [-0.39, 0.29) is 22.4 Å². The maximum absolute atomic E-state index is 13.3. The van der Waals surface area contributed by atoms with Crippen molar-refractivity contribution in [2.75, 3.05) is 29.4 Å². The number of nitro groups is 1. The second-order valence-corrected chi connectivity index (χ2v) is 7.58. The van der Waals surface area contributed by atoms with Crippen LogP contribution in [0.1, 0.15) is 31.2 Å². The quantitative estimate of drug-likeness (QED) is 0.593. The molecule has 0 N–H and O–H groups in total. The van der Waals surface area contributed by atoms with Crippen molar-refractivity contribution in [1.29, 1.82) is 0 Å². The molecule has 6 nitrogen and oxygen atoms in total. The number of hydrogen-bond acceptors (Lipinski definition) is 4. The lowest BCUT2D eigenvalue weighted by Gasteiger charge is -2.35. The van der Waals surface area contributed by atoms with Crippen molar-refractivity contribution in [3.05, 3.63) is 64.2 Å². The van der Waals surface area contributed by atoms with Crippen molar-refractivity contribution in [3.8, 4) is 0 Å². The van der Waals surface area contributed by atoms with Gasteiger partial charge in [0.05, 0.1) is 4.92 Å². The average Bonchev–Trinajstić information content (AvgIpc) is 2.96. The molecule has 0 unspecified atom stereocenters. The van der Waals surface area contributed by atoms with E-state index in [1.165, 1.54) is 5.56 Å². The highest BCUT2D eigenvalue weighted by atomic mass is 16.6. The molecule has 1 saturated heterocycles. The van der Waals surface area contributed by atoms with Gasteiger partial charge in [0, 0.05) is 37.3 Å². The summed E-state index contributed by atoms with van der Waals surface area (Å²) < 4.78 is 0. The summed E-state index contributed by atoms with van der Waals surface area (Å²) in [5, 5.41) is 11.3. The summed E-state index contributed by atoms with van der Waals surface area (Å²) in [7, 11) is 0. The Labute approximate surface area is 164 Å². The van der Waals surface area contributed by atoms with Crippen LogP contribution in [-0.2, 0) is 11.2 Å². The number of piperidine rings is 1. The number of para-hydroxylation sites is 3. The normalized spacial score (nSPS) is 17.7. The van der Waals surface area contributed by atoms with Gasteiger partial charge in [0.15, 0.2) is 0 Å². The lowest BCUT2D eigenvalue weighted by Crippen LogP contribution is -2.43. The molecule has 0 saturated carbocycles. The molecule has 2 aromatic carbocycles. The van der Waals surface area contributed by atoms with E-state index in [1.54, 1.807) is 18.2 Å². The first-order valence-electron chi connectivity index (χ1n) is 10.0. The standard InChI is InChI=1S/C22H25N3O3/c26-22(24-14-6-5-8-17-7-1-2-9-19(17)24)18-12-15-23(16-13-18)20-10-3-4-11-21(20)25(27)28/h1-4,7,9-11,18H,5-6,8,12-16H2. The highest BCUT2D eigenvalue weighted by Gasteiger charge is 2.32. The van der Waals surface area contributed by atoms with E-state index >= 15 is 0 Å². The van der Waals surface area contributed by atoms with Crippen molar-refractivity contribution >= 4 is 23.0 Å². The van der Waals surface area contributed by atoms with Crippen molar-refractivity contribution < 1.29 is 9.72 Å². The Bertz CT molecular complexity index is 875. The lowest BCUT2D eigenvalue weighted by molar-refractivity contribution is -0.384. The first-order chi connectivity index (χ1) is 13.6. The third kappa shape index (κ3) is 3.59. The molecule has 2 aliphatic rings. The summed E-state index contributed by atoms with van der Waals surface area (Å²) >= 11 is 0. The molecule has 1 fully saturated rings. The smallest absolute Gasteiger partial charge is 0.292 e. The summed E-state index contributed by atoms with van der Waals surface area (Å²) in [6, 6.07) is 15.1. The van der Waals surface area contributed by atoms with Gasteiger partial charge >= 0.3 is 0 Å². The van der Waals surface area contributed by atoms with Crippen molar-refractivity contribution in [2.45, 2.75) is 32.1 Å². The Morgan fingerprint density at radius 3 is 2.36 bits per heavy atom. The van der Waals surface area contributed by atoms with Crippen LogP contribution in [0.3, 0.4) is 0 Å². The Hall–Kier alpha value is -2.89. The summed E-state index contributed by atoms with van der Waals surface area (Å²) in [6.45, 7) is 2.10. The Morgan fingerprint density at radius 2 is 1.61 bits per heavy atom. The van der Waals surface area contributed by atoms with Gasteiger partial charge in [-0.2, -0.15) is 0 Å². The highest BCUT2D eigenvalue weighted by molar-refractivity contribution is 5.96. The molecule has 0 spiro atoms. The van der Waals surface area contributed by atoms with Crippen LogP contribution in [0.25, 0.3) is 0 Å². The van der Waals surface area contributed by atoms with Crippen LogP contribution in [0.2, 0.25) is 0 Å². The molecule has 2 aliphatic heterocycles. The van der Waals surface area contributed by atoms with Gasteiger partial charge in [0.1, 0.15) is 5.69 Å². The molecule has 146 valence electrons. The van der Waals surface area contributed by atoms with Crippen LogP contribution in [0.15, 0.2) is 48.5 Å². The number of rotatable bonds is 3. The van der Waals surface area contributed by atoms with Crippen molar-refractivity contribution in [1.82, 2.24) is 0 Å². The fourth-order valence-corrected chi connectivity index (χ4v) is 4.39. The predicted octanol–water partition coefficient (Wildman–Crippen LogP) is 4.18. The van der Waals surface area contributed by atoms with Gasteiger partial charge in [0.2, 0.25) is 5.91 Å². The van der Waals surface area contributed by atoms with E-state index in [0.29, 0.717) is 18.8 Å². The van der Waals surface area contributed by atoms with Crippen LogP contribution < -0.4 is 9.80 Å². The predicted molar refractivity (Wildman–Crippen MR) is 110 cm³/mol. The van der Waals surface area contributed by atoms with Gasteiger partial charge in [-0.3, -0.25) is 14.9 Å². The molecule has 0 atom stereocenters. The summed E-state index contributed by atoms with van der Waals surface area (Å²) in [5.74, 6) is 0.182. The SMILES string of the molecule is O=C(C1CCN(c2ccccc2[N+](=O)[O-])CC1)N1CCCCc2ccccc21. The minimum Gasteiger partial charge on any atom is -0.366 e. The van der Waals surface area contributed by atoms with Gasteiger partial charge in [-0.25, -0.2) is 0 Å². The lowest BCUT2D eigenvalue weighted by atomic mass is 9.94. The molecule has 4 rings (SSSR count). The molecule has 0 aliphatic carbocycles. The molecule has 2 aromatic rings. The van der Waals surface area contributed by atoms with Crippen molar-refractivity contribution in [3.63, 3.8) is 0 Å². The molecule has 6 heteroatoms. The van der Waals surface area contributed by atoms with E-state index in [0.717, 1.165) is 44.3 Å². The fourth-order valence-electron chi connectivity index (χ4n) is 4.39. The van der Waals surface area contributed by atoms with Gasteiger partial charge in [-0.1, -0.05) is 30.3 Å². The van der Waals surface area contributed by atoms with Crippen LogP contribution >= 0.6 is 0 Å². The summed E-state index contributed by atoms with van der Waals surface area (Å²) in [6.07, 6.45) is 4.61. The third-order valence-electron chi connectivity index (χ3n) is 5.89.